The van der Waals surface area contributed by atoms with Crippen LogP contribution in [0.4, 0.5) is 0 Å². The number of halogens is 2. The molecular weight excluding hydrogens is 1060 g/mol. The van der Waals surface area contributed by atoms with E-state index in [1.54, 1.807) is 12.1 Å². The van der Waals surface area contributed by atoms with Crippen molar-refractivity contribution < 1.29 is 83.8 Å². The molecule has 0 fully saturated rings. The molecule has 0 aliphatic carbocycles. The molecule has 0 spiro atoms. The predicted octanol–water partition coefficient (Wildman–Crippen LogP) is 9.15. The number of methoxy groups -OCH3 is 4. The minimum Gasteiger partial charge on any atom is -0.467 e. The smallest absolute Gasteiger partial charge is 0.332 e. The molecule has 1 aromatic rings. The van der Waals surface area contributed by atoms with Crippen LogP contribution in [-0.2, 0) is 79.1 Å². The molecule has 0 amide bonds. The lowest BCUT2D eigenvalue weighted by Crippen LogP contribution is -2.34. The molecule has 71 heavy (non-hydrogen) atoms. The van der Waals surface area contributed by atoms with Crippen LogP contribution in [0.2, 0.25) is 0 Å². The largest absolute Gasteiger partial charge is 0.467 e. The van der Waals surface area contributed by atoms with Gasteiger partial charge in [0.15, 0.2) is 26.4 Å². The Kier molecular flexibility index (Phi) is 48.7. The van der Waals surface area contributed by atoms with Gasteiger partial charge in [-0.05, 0) is 90.0 Å². The zero-order chi connectivity index (χ0) is 54.6. The number of carbonyl (C=O) groups excluding carboxylic acids is 5. The van der Waals surface area contributed by atoms with E-state index < -0.39 is 56.4 Å². The van der Waals surface area contributed by atoms with Crippen LogP contribution in [0.15, 0.2) is 30.3 Å². The van der Waals surface area contributed by atoms with Gasteiger partial charge in [-0.2, -0.15) is 0 Å². The second-order valence-corrected chi connectivity index (χ2v) is 20.4. The highest BCUT2D eigenvalue weighted by atomic mass is 35.7. The van der Waals surface area contributed by atoms with E-state index in [2.05, 4.69) is 70.5 Å². The molecule has 3 unspecified atom stereocenters. The highest BCUT2D eigenvalue weighted by molar-refractivity contribution is 7.76. The number of hydrogen-bond donors (Lipinski definition) is 0. The lowest BCUT2D eigenvalue weighted by molar-refractivity contribution is -0.144. The van der Waals surface area contributed by atoms with Gasteiger partial charge in [0.25, 0.3) is 32.5 Å². The highest BCUT2D eigenvalue weighted by Crippen LogP contribution is 2.47. The van der Waals surface area contributed by atoms with Crippen LogP contribution >= 0.6 is 55.0 Å². The summed E-state index contributed by atoms with van der Waals surface area (Å²) in [6.45, 7) is 37.3. The molecule has 29 heteroatoms. The molecule has 0 aliphatic heterocycles. The van der Waals surface area contributed by atoms with E-state index in [4.69, 9.17) is 83.1 Å². The summed E-state index contributed by atoms with van der Waals surface area (Å²) in [5.41, 5.74) is 0. The number of benzene rings is 1. The summed E-state index contributed by atoms with van der Waals surface area (Å²) in [5.74, 6) is -1.91. The highest BCUT2D eigenvalue weighted by Gasteiger charge is 2.29. The van der Waals surface area contributed by atoms with Gasteiger partial charge in [0, 0.05) is 24.2 Å². The summed E-state index contributed by atoms with van der Waals surface area (Å²) in [6, 6.07) is 9.86. The average Bonchev–Trinajstić information content (AvgIpc) is 3.33. The summed E-state index contributed by atoms with van der Waals surface area (Å²) in [7, 11) is -1.07. The average molecular weight is 1130 g/mol. The second kappa shape index (κ2) is 47.9. The van der Waals surface area contributed by atoms with E-state index in [1.165, 1.54) is 28.4 Å². The third kappa shape index (κ3) is 42.0. The Hall–Kier alpha value is -3.06. The molecular formula is C42H69Cl2N5O18P4. The van der Waals surface area contributed by atoms with Gasteiger partial charge in [-0.3, -0.25) is 4.79 Å². The van der Waals surface area contributed by atoms with Gasteiger partial charge < -0.3 is 74.4 Å². The van der Waals surface area contributed by atoms with E-state index in [-0.39, 0.29) is 89.3 Å². The summed E-state index contributed by atoms with van der Waals surface area (Å²) in [6.07, 6.45) is 0.143. The maximum atomic E-state index is 11.9. The molecule has 0 bridgehead atoms. The zero-order valence-electron chi connectivity index (χ0n) is 42.3. The van der Waals surface area contributed by atoms with Crippen LogP contribution in [-0.4, -0.2) is 164 Å². The Bertz CT molecular complexity index is 1680. The molecule has 1 rings (SSSR count). The van der Waals surface area contributed by atoms with Crippen LogP contribution in [0.1, 0.15) is 61.8 Å². The van der Waals surface area contributed by atoms with Gasteiger partial charge >= 0.3 is 29.8 Å². The quantitative estimate of drug-likeness (QED) is 0.0164. The lowest BCUT2D eigenvalue weighted by atomic mass is 10.3. The van der Waals surface area contributed by atoms with E-state index in [0.29, 0.717) is 25.5 Å². The second-order valence-electron chi connectivity index (χ2n) is 13.9. The van der Waals surface area contributed by atoms with Crippen molar-refractivity contribution in [3.63, 3.8) is 0 Å². The first-order chi connectivity index (χ1) is 33.7. The molecule has 23 nitrogen and oxygen atoms in total. The van der Waals surface area contributed by atoms with Gasteiger partial charge in [-0.15, -0.1) is 0 Å². The van der Waals surface area contributed by atoms with Crippen LogP contribution < -0.4 is 4.74 Å². The topological polar surface area (TPSA) is 225 Å². The summed E-state index contributed by atoms with van der Waals surface area (Å²) in [4.78, 5) is 64.3. The van der Waals surface area contributed by atoms with Crippen molar-refractivity contribution in [2.75, 3.05) is 101 Å². The van der Waals surface area contributed by atoms with Crippen LogP contribution in [0.3, 0.4) is 0 Å². The summed E-state index contributed by atoms with van der Waals surface area (Å²) < 4.78 is 68.7. The van der Waals surface area contributed by atoms with E-state index >= 15 is 0 Å². The Morgan fingerprint density at radius 3 is 1.13 bits per heavy atom. The first-order valence-corrected chi connectivity index (χ1v) is 27.8. The normalized spacial score (nSPS) is 11.9. The molecule has 0 saturated carbocycles. The Morgan fingerprint density at radius 1 is 0.479 bits per heavy atom. The third-order valence-corrected chi connectivity index (χ3v) is 14.0. The lowest BCUT2D eigenvalue weighted by Gasteiger charge is -2.35. The van der Waals surface area contributed by atoms with E-state index in [0.717, 1.165) is 0 Å². The monoisotopic (exact) mass is 1130 g/mol. The Labute approximate surface area is 433 Å². The van der Waals surface area contributed by atoms with Crippen LogP contribution in [0.25, 0.3) is 14.5 Å². The van der Waals surface area contributed by atoms with Crippen molar-refractivity contribution in [3.05, 3.63) is 64.6 Å². The number of esters is 5. The molecule has 0 heterocycles. The number of rotatable bonds is 32. The fraction of sp³-hybridized carbons (Fsp3) is 0.667. The molecule has 3 atom stereocenters. The summed E-state index contributed by atoms with van der Waals surface area (Å²) >= 11 is 11.0. The number of carbonyl (C=O) groups is 5. The molecule has 0 aliphatic rings. The number of para-hydroxylation sites is 1. The molecule has 404 valence electrons. The number of hydrogen-bond acceptors (Lipinski definition) is 20. The fourth-order valence-electron chi connectivity index (χ4n) is 4.38. The fourth-order valence-corrected chi connectivity index (χ4v) is 9.15. The molecule has 0 radical (unpaired) electrons. The Balaban J connectivity index is -0.000000901. The maximum Gasteiger partial charge on any atom is 0.332 e. The van der Waals surface area contributed by atoms with E-state index in [9.17, 15) is 24.0 Å². The maximum absolute atomic E-state index is 11.9. The third-order valence-electron chi connectivity index (χ3n) is 7.24. The molecule has 1 aromatic carbocycles. The van der Waals surface area contributed by atoms with Crippen molar-refractivity contribution in [1.29, 1.82) is 0 Å². The van der Waals surface area contributed by atoms with Gasteiger partial charge in [-0.1, -0.05) is 18.2 Å². The first-order valence-electron chi connectivity index (χ1n) is 21.3. The first kappa shape index (κ1) is 72.2. The molecule has 0 aromatic heterocycles. The summed E-state index contributed by atoms with van der Waals surface area (Å²) in [5, 5.41) is 0. The zero-order valence-corrected chi connectivity index (χ0v) is 47.4. The van der Waals surface area contributed by atoms with Crippen molar-refractivity contribution in [1.82, 2.24) is 9.34 Å². The predicted molar refractivity (Wildman–Crippen MR) is 270 cm³/mol. The standard InChI is InChI=1S/C18H27N2O4P.C12H23N2O4P.C6H9ClNO4P.C6H10ClO6P/c1-15(2)20(16(3)4)25(23-14-12-19-5)22-13-11-18(21)24-17-9-7-6-8-10-17;1-10(2)14(11(3)4)19(17-8-7-13-5)18-9-12(15)16-6;1-8-3-4-11-13(7)12-5-6(9)10-2;1-10-5(8)3-12-14(7)13-4-6(9)11-2/h6-10,15-16H,11-14H2,1-4H3;10-11H,7-9H2,1-4,6H3;3-5H2,2H3;3-4H2,1-2H3. The van der Waals surface area contributed by atoms with Crippen LogP contribution in [0, 0.1) is 19.7 Å². The van der Waals surface area contributed by atoms with Gasteiger partial charge in [-0.25, -0.2) is 48.2 Å². The van der Waals surface area contributed by atoms with Crippen molar-refractivity contribution in [2.24, 2.45) is 0 Å². The van der Waals surface area contributed by atoms with Crippen molar-refractivity contribution >= 4 is 84.8 Å². The molecule has 0 N–H and O–H groups in total. The SMILES string of the molecule is COC(=O)COP(Cl)OCC(=O)OC.[C-]#[N+]CCOP(Cl)OCC(=O)OC.[C-]#[N+]CCOP(OCC(=O)OC)N(C(C)C)C(C)C.[C-]#[N+]CCOP(OCCC(=O)Oc1ccccc1)N(C(C)C)C(C)C. The van der Waals surface area contributed by atoms with Crippen molar-refractivity contribution in [2.45, 2.75) is 86.0 Å². The number of nitrogens with zero attached hydrogens (tertiary/aromatic N) is 5. The Morgan fingerprint density at radius 2 is 0.789 bits per heavy atom. The number of ether oxygens (including phenoxy) is 5. The minimum atomic E-state index is -1.79. The van der Waals surface area contributed by atoms with Crippen molar-refractivity contribution in [3.8, 4) is 5.75 Å². The minimum absolute atomic E-state index is 0.143. The van der Waals surface area contributed by atoms with Gasteiger partial charge in [0.1, 0.15) is 25.6 Å². The van der Waals surface area contributed by atoms with Gasteiger partial charge in [0.05, 0.1) is 41.5 Å². The van der Waals surface area contributed by atoms with Gasteiger partial charge in [0.2, 0.25) is 19.6 Å². The van der Waals surface area contributed by atoms with E-state index in [1.807, 2.05) is 45.9 Å². The van der Waals surface area contributed by atoms with Crippen LogP contribution in [0.5, 0.6) is 5.75 Å². The molecule has 0 saturated heterocycles.